The van der Waals surface area contributed by atoms with Gasteiger partial charge in [0.05, 0.1) is 7.11 Å². The average molecular weight is 306 g/mol. The van der Waals surface area contributed by atoms with Crippen molar-refractivity contribution in [2.75, 3.05) is 7.11 Å². The van der Waals surface area contributed by atoms with Crippen LogP contribution >= 0.6 is 0 Å². The number of hydrogen-bond acceptors (Lipinski definition) is 7. The number of hydrogen-bond donors (Lipinski definition) is 3. The van der Waals surface area contributed by atoms with Crippen molar-refractivity contribution in [1.82, 2.24) is 6.15 Å². The first-order chi connectivity index (χ1) is 9.03. The van der Waals surface area contributed by atoms with E-state index in [0.717, 1.165) is 0 Å². The van der Waals surface area contributed by atoms with Crippen molar-refractivity contribution in [1.29, 1.82) is 0 Å². The number of esters is 2. The Bertz CT molecular complexity index is 377. The largest absolute Gasteiger partial charge is 0.479 e. The van der Waals surface area contributed by atoms with Gasteiger partial charge in [0.25, 0.3) is 0 Å². The van der Waals surface area contributed by atoms with Crippen molar-refractivity contribution in [2.45, 2.75) is 57.6 Å². The summed E-state index contributed by atoms with van der Waals surface area (Å²) in [6, 6.07) is 0. The van der Waals surface area contributed by atoms with Crippen molar-refractivity contribution in [3.05, 3.63) is 0 Å². The lowest BCUT2D eigenvalue weighted by Gasteiger charge is -2.28. The number of rotatable bonds is 7. The van der Waals surface area contributed by atoms with E-state index >= 15 is 0 Å². The standard InChI is InChI=1S/C13H23NO6.H3N/c1-12(2,3)20-11(18)13(14,10(16)17)8-6-5-7-9(15)19-4;/h5-8,14H2,1-4H3,(H,16,17);1H3. The van der Waals surface area contributed by atoms with Gasteiger partial charge in [-0.25, -0.2) is 9.59 Å². The zero-order valence-corrected chi connectivity index (χ0v) is 13.1. The number of nitrogens with two attached hydrogens (primary N) is 1. The molecule has 0 spiro atoms. The zero-order chi connectivity index (χ0) is 16.0. The molecule has 0 aromatic heterocycles. The van der Waals surface area contributed by atoms with Crippen molar-refractivity contribution < 1.29 is 29.0 Å². The molecule has 8 nitrogen and oxygen atoms in total. The SMILES string of the molecule is COC(=O)CCCCC(N)(C(=O)O)C(=O)OC(C)(C)C.N. The molecule has 0 aliphatic rings. The highest BCUT2D eigenvalue weighted by atomic mass is 16.6. The molecule has 0 saturated heterocycles. The van der Waals surface area contributed by atoms with Crippen LogP contribution in [0.15, 0.2) is 0 Å². The molecule has 0 heterocycles. The maximum Gasteiger partial charge on any atom is 0.338 e. The summed E-state index contributed by atoms with van der Waals surface area (Å²) in [5, 5.41) is 9.14. The normalized spacial score (nSPS) is 13.6. The Morgan fingerprint density at radius 1 is 1.14 bits per heavy atom. The maximum atomic E-state index is 11.9. The Labute approximate surface area is 124 Å². The van der Waals surface area contributed by atoms with Gasteiger partial charge >= 0.3 is 17.9 Å². The topological polar surface area (TPSA) is 151 Å². The smallest absolute Gasteiger partial charge is 0.338 e. The molecule has 0 radical (unpaired) electrons. The van der Waals surface area contributed by atoms with E-state index in [1.165, 1.54) is 7.11 Å². The Morgan fingerprint density at radius 3 is 2.05 bits per heavy atom. The van der Waals surface area contributed by atoms with Crippen LogP contribution < -0.4 is 11.9 Å². The van der Waals surface area contributed by atoms with Crippen LogP contribution in [0.1, 0.15) is 46.5 Å². The molecular weight excluding hydrogens is 280 g/mol. The molecule has 1 unspecified atom stereocenters. The predicted octanol–water partition coefficient (Wildman–Crippen LogP) is 1.01. The summed E-state index contributed by atoms with van der Waals surface area (Å²) >= 11 is 0. The highest BCUT2D eigenvalue weighted by molar-refractivity contribution is 6.03. The first kappa shape index (κ1) is 21.6. The predicted molar refractivity (Wildman–Crippen MR) is 75.9 cm³/mol. The summed E-state index contributed by atoms with van der Waals surface area (Å²) in [5.74, 6) is -2.80. The summed E-state index contributed by atoms with van der Waals surface area (Å²) in [6.45, 7) is 4.89. The van der Waals surface area contributed by atoms with E-state index in [2.05, 4.69) is 4.74 Å². The maximum absolute atomic E-state index is 11.9. The summed E-state index contributed by atoms with van der Waals surface area (Å²) in [4.78, 5) is 34.0. The summed E-state index contributed by atoms with van der Waals surface area (Å²) in [7, 11) is 1.27. The van der Waals surface area contributed by atoms with Crippen molar-refractivity contribution in [3.63, 3.8) is 0 Å². The Kier molecular flexibility index (Phi) is 8.84. The highest BCUT2D eigenvalue weighted by Gasteiger charge is 2.44. The van der Waals surface area contributed by atoms with E-state index in [0.29, 0.717) is 12.8 Å². The van der Waals surface area contributed by atoms with E-state index in [9.17, 15) is 14.4 Å². The average Bonchev–Trinajstić information content (AvgIpc) is 2.31. The fourth-order valence-corrected chi connectivity index (χ4v) is 1.44. The van der Waals surface area contributed by atoms with E-state index in [-0.39, 0.29) is 25.0 Å². The van der Waals surface area contributed by atoms with Crippen LogP contribution in [0.25, 0.3) is 0 Å². The second-order valence-electron chi connectivity index (χ2n) is 5.56. The van der Waals surface area contributed by atoms with Gasteiger partial charge in [-0.1, -0.05) is 0 Å². The molecule has 6 N–H and O–H groups in total. The van der Waals surface area contributed by atoms with Crippen LogP contribution in [-0.4, -0.2) is 41.3 Å². The van der Waals surface area contributed by atoms with Crippen molar-refractivity contribution in [2.24, 2.45) is 5.73 Å². The summed E-state index contributed by atoms with van der Waals surface area (Å²) in [5.41, 5.74) is 2.74. The van der Waals surface area contributed by atoms with E-state index in [1.54, 1.807) is 20.8 Å². The van der Waals surface area contributed by atoms with Gasteiger partial charge in [0.1, 0.15) is 5.60 Å². The molecule has 1 atom stereocenters. The lowest BCUT2D eigenvalue weighted by Crippen LogP contribution is -2.57. The van der Waals surface area contributed by atoms with Gasteiger partial charge in [0.2, 0.25) is 5.54 Å². The monoisotopic (exact) mass is 306 g/mol. The molecule has 0 saturated carbocycles. The van der Waals surface area contributed by atoms with Gasteiger partial charge in [-0.2, -0.15) is 0 Å². The Balaban J connectivity index is 0. The molecule has 124 valence electrons. The van der Waals surface area contributed by atoms with Gasteiger partial charge in [0, 0.05) is 6.42 Å². The molecule has 21 heavy (non-hydrogen) atoms. The van der Waals surface area contributed by atoms with Crippen LogP contribution in [0, 0.1) is 0 Å². The molecule has 8 heteroatoms. The van der Waals surface area contributed by atoms with E-state index < -0.39 is 23.1 Å². The van der Waals surface area contributed by atoms with E-state index in [1.807, 2.05) is 0 Å². The van der Waals surface area contributed by atoms with Crippen molar-refractivity contribution in [3.8, 4) is 0 Å². The molecule has 0 aliphatic heterocycles. The summed E-state index contributed by atoms with van der Waals surface area (Å²) < 4.78 is 9.49. The molecule has 0 fully saturated rings. The number of carbonyl (C=O) groups excluding carboxylic acids is 2. The first-order valence-electron chi connectivity index (χ1n) is 6.35. The third-order valence-electron chi connectivity index (χ3n) is 2.57. The number of ether oxygens (including phenoxy) is 2. The number of methoxy groups -OCH3 is 1. The Morgan fingerprint density at radius 2 is 1.67 bits per heavy atom. The van der Waals surface area contributed by atoms with Gasteiger partial charge in [-0.15, -0.1) is 0 Å². The van der Waals surface area contributed by atoms with Crippen LogP contribution in [-0.2, 0) is 23.9 Å². The molecule has 0 amide bonds. The molecule has 0 aromatic carbocycles. The first-order valence-corrected chi connectivity index (χ1v) is 6.35. The lowest BCUT2D eigenvalue weighted by atomic mass is 9.93. The lowest BCUT2D eigenvalue weighted by molar-refractivity contribution is -0.169. The minimum atomic E-state index is -2.09. The molecule has 0 rings (SSSR count). The molecular formula is C13H26N2O6. The quantitative estimate of drug-likeness (QED) is 0.358. The minimum absolute atomic E-state index is 0. The van der Waals surface area contributed by atoms with Gasteiger partial charge in [-0.05, 0) is 40.0 Å². The molecule has 0 aromatic rings. The number of aliphatic carboxylic acids is 1. The zero-order valence-electron chi connectivity index (χ0n) is 13.1. The van der Waals surface area contributed by atoms with Crippen molar-refractivity contribution >= 4 is 17.9 Å². The summed E-state index contributed by atoms with van der Waals surface area (Å²) in [6.07, 6.45) is 0.744. The fourth-order valence-electron chi connectivity index (χ4n) is 1.44. The van der Waals surface area contributed by atoms with Gasteiger partial charge in [0.15, 0.2) is 0 Å². The fraction of sp³-hybridized carbons (Fsp3) is 0.769. The van der Waals surface area contributed by atoms with Crippen LogP contribution in [0.5, 0.6) is 0 Å². The molecule has 0 aliphatic carbocycles. The van der Waals surface area contributed by atoms with Gasteiger partial charge < -0.3 is 26.5 Å². The minimum Gasteiger partial charge on any atom is -0.479 e. The number of unbranched alkanes of at least 4 members (excludes halogenated alkanes) is 1. The van der Waals surface area contributed by atoms with E-state index in [4.69, 9.17) is 15.6 Å². The number of carbonyl (C=O) groups is 3. The number of carboxylic acids is 1. The Hall–Kier alpha value is -1.67. The van der Waals surface area contributed by atoms with Crippen LogP contribution in [0.3, 0.4) is 0 Å². The number of carboxylic acid groups (broad SMARTS) is 1. The highest BCUT2D eigenvalue weighted by Crippen LogP contribution is 2.19. The second-order valence-corrected chi connectivity index (χ2v) is 5.56. The third-order valence-corrected chi connectivity index (χ3v) is 2.57. The molecule has 0 bridgehead atoms. The van der Waals surface area contributed by atoms with Gasteiger partial charge in [-0.3, -0.25) is 4.79 Å². The van der Waals surface area contributed by atoms with Crippen LogP contribution in [0.2, 0.25) is 0 Å². The van der Waals surface area contributed by atoms with Crippen LogP contribution in [0.4, 0.5) is 0 Å². The third kappa shape index (κ3) is 7.62. The second kappa shape index (κ2) is 8.58.